The monoisotopic (exact) mass is 858 g/mol. The number of ether oxygens (including phenoxy) is 2. The first-order valence-electron chi connectivity index (χ1n) is 19.9. The number of amides is 4. The van der Waals surface area contributed by atoms with Crippen molar-refractivity contribution in [3.8, 4) is 39.5 Å². The molecule has 4 aromatic rings. The first kappa shape index (κ1) is 42.5. The highest BCUT2D eigenvalue weighted by molar-refractivity contribution is 6.39. The van der Waals surface area contributed by atoms with Gasteiger partial charge in [0.15, 0.2) is 0 Å². The van der Waals surface area contributed by atoms with E-state index in [2.05, 4.69) is 25.5 Å². The maximum atomic E-state index is 13.7. The van der Waals surface area contributed by atoms with Crippen LogP contribution in [0.15, 0.2) is 54.7 Å². The normalized spacial score (nSPS) is 18.7. The fraction of sp³-hybridized carbons (Fsp3) is 0.419. The Hall–Kier alpha value is -5.67. The molecule has 60 heavy (non-hydrogen) atoms. The lowest BCUT2D eigenvalue weighted by molar-refractivity contribution is -0.120. The summed E-state index contributed by atoms with van der Waals surface area (Å²) in [6.07, 6.45) is 2.54. The highest BCUT2D eigenvalue weighted by Gasteiger charge is 2.37. The number of rotatable bonds is 11. The molecule has 3 N–H and O–H groups in total. The van der Waals surface area contributed by atoms with E-state index in [1.165, 1.54) is 18.2 Å². The number of carbonyl (C=O) groups is 4. The van der Waals surface area contributed by atoms with Gasteiger partial charge in [0.25, 0.3) is 0 Å². The quantitative estimate of drug-likeness (QED) is 0.137. The number of methoxy groups -OCH3 is 1. The maximum absolute atomic E-state index is 13.7. The Morgan fingerprint density at radius 2 is 1.47 bits per heavy atom. The minimum Gasteiger partial charge on any atom is -0.480 e. The molecule has 7 rings (SSSR count). The topological polar surface area (TPSA) is 179 Å². The van der Waals surface area contributed by atoms with E-state index in [0.717, 1.165) is 5.56 Å². The van der Waals surface area contributed by atoms with Gasteiger partial charge in [0.2, 0.25) is 17.7 Å². The van der Waals surface area contributed by atoms with Crippen molar-refractivity contribution in [1.29, 1.82) is 0 Å². The summed E-state index contributed by atoms with van der Waals surface area (Å²) in [6.45, 7) is 6.47. The number of halogens is 2. The molecular formula is C43H48Cl2N8O7. The second kappa shape index (κ2) is 17.5. The predicted molar refractivity (Wildman–Crippen MR) is 227 cm³/mol. The molecule has 0 radical (unpaired) electrons. The smallest absolute Gasteiger partial charge is 0.410 e. The summed E-state index contributed by atoms with van der Waals surface area (Å²) in [4.78, 5) is 68.9. The van der Waals surface area contributed by atoms with Gasteiger partial charge in [-0.1, -0.05) is 65.7 Å². The number of hydrogen-bond acceptors (Lipinski definition) is 10. The average Bonchev–Trinajstić information content (AvgIpc) is 3.83. The Bertz CT molecular complexity index is 2320. The van der Waals surface area contributed by atoms with Gasteiger partial charge in [0.05, 0.1) is 47.3 Å². The van der Waals surface area contributed by atoms with E-state index in [1.807, 2.05) is 70.3 Å². The van der Waals surface area contributed by atoms with Crippen molar-refractivity contribution in [2.24, 2.45) is 0 Å². The number of pyridine rings is 1. The number of aromatic nitrogens is 3. The van der Waals surface area contributed by atoms with E-state index >= 15 is 0 Å². The minimum atomic E-state index is -1.16. The molecule has 4 amide bonds. The summed E-state index contributed by atoms with van der Waals surface area (Å²) in [6, 6.07) is 14.3. The van der Waals surface area contributed by atoms with Crippen molar-refractivity contribution in [1.82, 2.24) is 35.4 Å². The zero-order valence-electron chi connectivity index (χ0n) is 34.1. The number of hydrogen-bond donors (Lipinski definition) is 3. The summed E-state index contributed by atoms with van der Waals surface area (Å²) < 4.78 is 11.4. The first-order chi connectivity index (χ1) is 28.6. The van der Waals surface area contributed by atoms with Crippen LogP contribution >= 0.6 is 23.2 Å². The summed E-state index contributed by atoms with van der Waals surface area (Å²) >= 11 is 14.4. The molecule has 2 saturated heterocycles. The van der Waals surface area contributed by atoms with Gasteiger partial charge in [-0.05, 0) is 46.1 Å². The number of fused-ring (bicyclic) bond motifs is 1. The van der Waals surface area contributed by atoms with Crippen molar-refractivity contribution >= 4 is 53.0 Å². The van der Waals surface area contributed by atoms with Crippen LogP contribution in [0, 0.1) is 0 Å². The van der Waals surface area contributed by atoms with Crippen LogP contribution in [0.1, 0.15) is 70.2 Å². The number of nitrogens with zero attached hydrogens (tertiary/aromatic N) is 6. The molecule has 0 aliphatic carbocycles. The van der Waals surface area contributed by atoms with Gasteiger partial charge in [0.1, 0.15) is 17.1 Å². The summed E-state index contributed by atoms with van der Waals surface area (Å²) in [5, 5.41) is 16.5. The second-order valence-electron chi connectivity index (χ2n) is 16.3. The molecule has 15 nitrogen and oxygen atoms in total. The molecule has 2 aromatic heterocycles. The average molecular weight is 860 g/mol. The number of anilines is 1. The van der Waals surface area contributed by atoms with Crippen LogP contribution in [0.4, 0.5) is 15.4 Å². The highest BCUT2D eigenvalue weighted by atomic mass is 35.5. The predicted octanol–water partition coefficient (Wildman–Crippen LogP) is 7.34. The van der Waals surface area contributed by atoms with Gasteiger partial charge in [-0.15, -0.1) is 0 Å². The molecule has 3 aliphatic rings. The molecule has 0 saturated carbocycles. The van der Waals surface area contributed by atoms with Gasteiger partial charge in [0, 0.05) is 79.4 Å². The molecule has 2 aromatic carbocycles. The molecule has 2 fully saturated rings. The molecular weight excluding hydrogens is 811 g/mol. The summed E-state index contributed by atoms with van der Waals surface area (Å²) in [5.74, 6) is 0.725. The number of benzene rings is 2. The molecule has 3 aliphatic heterocycles. The Labute approximate surface area is 358 Å². The van der Waals surface area contributed by atoms with E-state index < -0.39 is 17.8 Å². The Kier molecular flexibility index (Phi) is 12.4. The Morgan fingerprint density at radius 1 is 0.867 bits per heavy atom. The lowest BCUT2D eigenvalue weighted by Crippen LogP contribution is -2.47. The third kappa shape index (κ3) is 9.21. The maximum Gasteiger partial charge on any atom is 0.410 e. The number of nitrogens with one attached hydrogen (secondary N) is 2. The van der Waals surface area contributed by atoms with Gasteiger partial charge >= 0.3 is 12.2 Å². The van der Waals surface area contributed by atoms with Gasteiger partial charge in [-0.3, -0.25) is 19.5 Å². The van der Waals surface area contributed by atoms with Crippen LogP contribution < -0.4 is 20.3 Å². The van der Waals surface area contributed by atoms with E-state index in [1.54, 1.807) is 11.0 Å². The van der Waals surface area contributed by atoms with Crippen LogP contribution in [0.5, 0.6) is 5.88 Å². The molecule has 1 unspecified atom stereocenters. The van der Waals surface area contributed by atoms with E-state index in [0.29, 0.717) is 100 Å². The third-order valence-corrected chi connectivity index (χ3v) is 11.7. The Morgan fingerprint density at radius 3 is 2.03 bits per heavy atom. The highest BCUT2D eigenvalue weighted by Crippen LogP contribution is 2.44. The summed E-state index contributed by atoms with van der Waals surface area (Å²) in [7, 11) is 3.40. The van der Waals surface area contributed by atoms with Crippen molar-refractivity contribution in [2.45, 2.75) is 83.1 Å². The lowest BCUT2D eigenvalue weighted by Gasteiger charge is -2.40. The zero-order valence-corrected chi connectivity index (χ0v) is 35.6. The number of carboxylic acid groups (broad SMARTS) is 1. The first-order valence-corrected chi connectivity index (χ1v) is 20.6. The van der Waals surface area contributed by atoms with Gasteiger partial charge in [-0.2, -0.15) is 0 Å². The third-order valence-electron chi connectivity index (χ3n) is 10.9. The molecule has 5 heterocycles. The van der Waals surface area contributed by atoms with Crippen LogP contribution in [0.2, 0.25) is 10.0 Å². The minimum absolute atomic E-state index is 0.0232. The molecule has 0 bridgehead atoms. The van der Waals surface area contributed by atoms with Crippen LogP contribution in [-0.4, -0.2) is 105 Å². The van der Waals surface area contributed by atoms with Crippen molar-refractivity contribution in [3.05, 3.63) is 76.0 Å². The standard InChI is InChI=1S/C43H48Cl2N8O7/c1-43(2,3)60-42(58)53(22-25-13-17-36(55)48-25)34-18-19-51(4)39-30(34)14-15-31(49-39)28-10-6-8-26(37(28)44)27-9-7-11-29(38(27)45)32-20-46-33(40(50-32)59-5)23-52(41(56)57)21-24-12-16-35(54)47-24/h6-11,14-15,20,24-25,34H,12-13,16-19,21-23H2,1-5H3,(H,47,54)(H,48,55)(H,56,57)/t24-,25-,34?/m0/s1. The van der Waals surface area contributed by atoms with Crippen LogP contribution in [0.25, 0.3) is 33.6 Å². The van der Waals surface area contributed by atoms with Gasteiger partial charge < -0.3 is 35.0 Å². The molecule has 316 valence electrons. The fourth-order valence-electron chi connectivity index (χ4n) is 7.92. The fourth-order valence-corrected chi connectivity index (χ4v) is 8.57. The van der Waals surface area contributed by atoms with Gasteiger partial charge in [-0.25, -0.2) is 19.6 Å². The van der Waals surface area contributed by atoms with Crippen molar-refractivity contribution < 1.29 is 33.8 Å². The largest absolute Gasteiger partial charge is 0.480 e. The lowest BCUT2D eigenvalue weighted by atomic mass is 9.95. The zero-order chi connectivity index (χ0) is 42.9. The molecule has 0 spiro atoms. The van der Waals surface area contributed by atoms with Crippen molar-refractivity contribution in [2.75, 3.05) is 38.7 Å². The van der Waals surface area contributed by atoms with E-state index in [4.69, 9.17) is 37.7 Å². The SMILES string of the molecule is COc1nc(-c2cccc(-c3cccc(-c4ccc5c(n4)N(C)CCC5N(C[C@@H]4CCC(=O)N4)C(=O)OC(C)(C)C)c3Cl)c2Cl)cnc1CN(C[C@@H]1CCC(=O)N1)C(=O)O. The van der Waals surface area contributed by atoms with Crippen LogP contribution in [0.3, 0.4) is 0 Å². The Balaban J connectivity index is 1.17. The van der Waals surface area contributed by atoms with Crippen molar-refractivity contribution in [3.63, 3.8) is 0 Å². The second-order valence-corrected chi connectivity index (χ2v) is 17.0. The summed E-state index contributed by atoms with van der Waals surface area (Å²) in [5.41, 5.74) is 4.05. The number of carbonyl (C=O) groups excluding carboxylic acids is 3. The van der Waals surface area contributed by atoms with Crippen LogP contribution in [-0.2, 0) is 20.9 Å². The van der Waals surface area contributed by atoms with E-state index in [9.17, 15) is 24.3 Å². The molecule has 17 heteroatoms. The van der Waals surface area contributed by atoms with E-state index in [-0.39, 0.29) is 48.9 Å². The molecule has 3 atom stereocenters.